The molecule has 0 unspecified atom stereocenters. The number of hydrogen-bond acceptors (Lipinski definition) is 4. The first-order chi connectivity index (χ1) is 8.88. The average molecular weight is 342 g/mol. The van der Waals surface area contributed by atoms with E-state index in [4.69, 9.17) is 5.73 Å². The van der Waals surface area contributed by atoms with Gasteiger partial charge in [-0.2, -0.15) is 0 Å². The van der Waals surface area contributed by atoms with Crippen molar-refractivity contribution < 1.29 is 8.42 Å². The van der Waals surface area contributed by atoms with Crippen molar-refractivity contribution in [2.75, 3.05) is 10.5 Å². The Balaban J connectivity index is 2.33. The molecule has 0 radical (unpaired) electrons. The van der Waals surface area contributed by atoms with Crippen molar-refractivity contribution in [1.82, 2.24) is 4.98 Å². The maximum absolute atomic E-state index is 12.1. The Labute approximate surface area is 120 Å². The van der Waals surface area contributed by atoms with E-state index in [1.807, 2.05) is 0 Å². The zero-order chi connectivity index (χ0) is 14.0. The van der Waals surface area contributed by atoms with Gasteiger partial charge in [-0.3, -0.25) is 4.72 Å². The largest absolute Gasteiger partial charge is 0.397 e. The third-order valence-electron chi connectivity index (χ3n) is 2.50. The van der Waals surface area contributed by atoms with E-state index in [0.717, 1.165) is 5.56 Å². The number of aromatic nitrogens is 1. The second-order valence-corrected chi connectivity index (χ2v) is 6.59. The van der Waals surface area contributed by atoms with Gasteiger partial charge in [-0.1, -0.05) is 22.0 Å². The molecule has 0 aliphatic rings. The Hall–Kier alpha value is -1.60. The first-order valence-corrected chi connectivity index (χ1v) is 7.66. The summed E-state index contributed by atoms with van der Waals surface area (Å²) < 4.78 is 27.4. The van der Waals surface area contributed by atoms with Crippen LogP contribution in [0.25, 0.3) is 0 Å². The van der Waals surface area contributed by atoms with E-state index in [0.29, 0.717) is 10.2 Å². The number of anilines is 2. The maximum atomic E-state index is 12.1. The molecule has 0 saturated heterocycles. The van der Waals surface area contributed by atoms with Gasteiger partial charge in [-0.05, 0) is 36.8 Å². The number of nitrogens with two attached hydrogens (primary N) is 1. The van der Waals surface area contributed by atoms with Gasteiger partial charge < -0.3 is 5.73 Å². The Morgan fingerprint density at radius 3 is 2.68 bits per heavy atom. The van der Waals surface area contributed by atoms with Gasteiger partial charge in [0.15, 0.2) is 0 Å². The van der Waals surface area contributed by atoms with E-state index in [9.17, 15) is 8.42 Å². The molecule has 2 aromatic rings. The molecule has 3 N–H and O–H groups in total. The lowest BCUT2D eigenvalue weighted by molar-refractivity contribution is 0.601. The average Bonchev–Trinajstić information content (AvgIpc) is 2.33. The number of nitrogens with zero attached hydrogens (tertiary/aromatic N) is 1. The van der Waals surface area contributed by atoms with E-state index < -0.39 is 10.0 Å². The van der Waals surface area contributed by atoms with Crippen LogP contribution in [0.1, 0.15) is 5.56 Å². The number of benzene rings is 1. The minimum absolute atomic E-state index is 0.165. The minimum atomic E-state index is -3.65. The van der Waals surface area contributed by atoms with Crippen LogP contribution in [0, 0.1) is 6.92 Å². The van der Waals surface area contributed by atoms with Gasteiger partial charge in [-0.25, -0.2) is 13.4 Å². The molecule has 0 spiro atoms. The fourth-order valence-corrected chi connectivity index (χ4v) is 3.05. The summed E-state index contributed by atoms with van der Waals surface area (Å²) in [6.45, 7) is 1.79. The Morgan fingerprint density at radius 2 is 2.05 bits per heavy atom. The molecule has 0 amide bonds. The Bertz CT molecular complexity index is 717. The molecular weight excluding hydrogens is 330 g/mol. The number of nitrogens with one attached hydrogen (secondary N) is 1. The molecular formula is C12H12BrN3O2S. The molecule has 0 saturated carbocycles. The number of halogens is 1. The lowest BCUT2D eigenvalue weighted by atomic mass is 10.2. The van der Waals surface area contributed by atoms with Crippen molar-refractivity contribution in [1.29, 1.82) is 0 Å². The molecule has 0 atom stereocenters. The van der Waals surface area contributed by atoms with Crippen molar-refractivity contribution >= 4 is 37.5 Å². The fourth-order valence-electron chi connectivity index (χ4n) is 1.45. The molecule has 5 nitrogen and oxygen atoms in total. The van der Waals surface area contributed by atoms with Crippen molar-refractivity contribution in [3.8, 4) is 0 Å². The van der Waals surface area contributed by atoms with E-state index in [1.165, 1.54) is 18.3 Å². The van der Waals surface area contributed by atoms with Crippen molar-refractivity contribution in [3.05, 3.63) is 46.6 Å². The summed E-state index contributed by atoms with van der Waals surface area (Å²) in [7, 11) is -3.65. The quantitative estimate of drug-likeness (QED) is 0.898. The van der Waals surface area contributed by atoms with Gasteiger partial charge in [0.05, 0.1) is 16.8 Å². The van der Waals surface area contributed by atoms with Crippen LogP contribution in [-0.2, 0) is 10.0 Å². The van der Waals surface area contributed by atoms with Gasteiger partial charge in [0.25, 0.3) is 10.0 Å². The summed E-state index contributed by atoms with van der Waals surface area (Å²) >= 11 is 3.24. The molecule has 1 aromatic carbocycles. The molecule has 0 fully saturated rings. The van der Waals surface area contributed by atoms with Crippen LogP contribution >= 0.6 is 15.9 Å². The number of sulfonamides is 1. The number of aryl methyl sites for hydroxylation is 1. The molecule has 100 valence electrons. The molecule has 0 bridgehead atoms. The molecule has 0 aliphatic heterocycles. The number of pyridine rings is 1. The first kappa shape index (κ1) is 13.8. The minimum Gasteiger partial charge on any atom is -0.397 e. The van der Waals surface area contributed by atoms with E-state index in [2.05, 4.69) is 25.6 Å². The van der Waals surface area contributed by atoms with E-state index in [1.54, 1.807) is 25.1 Å². The SMILES string of the molecule is Cc1cc(NS(=O)(=O)c2cccc(Br)c2)ncc1N. The highest BCUT2D eigenvalue weighted by Crippen LogP contribution is 2.20. The van der Waals surface area contributed by atoms with Crippen molar-refractivity contribution in [3.63, 3.8) is 0 Å². The molecule has 7 heteroatoms. The predicted octanol–water partition coefficient (Wildman–Crippen LogP) is 2.54. The summed E-state index contributed by atoms with van der Waals surface area (Å²) in [4.78, 5) is 4.11. The predicted molar refractivity (Wildman–Crippen MR) is 78.3 cm³/mol. The summed E-state index contributed by atoms with van der Waals surface area (Å²) in [5, 5.41) is 0. The van der Waals surface area contributed by atoms with Gasteiger partial charge in [0.1, 0.15) is 5.82 Å². The number of hydrogen-bond donors (Lipinski definition) is 2. The first-order valence-electron chi connectivity index (χ1n) is 5.39. The van der Waals surface area contributed by atoms with E-state index in [-0.39, 0.29) is 10.7 Å². The second-order valence-electron chi connectivity index (χ2n) is 3.99. The van der Waals surface area contributed by atoms with Gasteiger partial charge in [-0.15, -0.1) is 0 Å². The Kier molecular flexibility index (Phi) is 3.77. The standard InChI is InChI=1S/C12H12BrN3O2S/c1-8-5-12(15-7-11(8)14)16-19(17,18)10-4-2-3-9(13)6-10/h2-7H,14H2,1H3,(H,15,16). The fraction of sp³-hybridized carbons (Fsp3) is 0.0833. The van der Waals surface area contributed by atoms with E-state index >= 15 is 0 Å². The smallest absolute Gasteiger partial charge is 0.263 e. The topological polar surface area (TPSA) is 85.1 Å². The van der Waals surface area contributed by atoms with Crippen LogP contribution in [-0.4, -0.2) is 13.4 Å². The monoisotopic (exact) mass is 341 g/mol. The van der Waals surface area contributed by atoms with Crippen molar-refractivity contribution in [2.24, 2.45) is 0 Å². The van der Waals surface area contributed by atoms with Crippen LogP contribution in [0.3, 0.4) is 0 Å². The zero-order valence-electron chi connectivity index (χ0n) is 10.1. The van der Waals surface area contributed by atoms with Gasteiger partial charge in [0, 0.05) is 4.47 Å². The van der Waals surface area contributed by atoms with Crippen LogP contribution in [0.4, 0.5) is 11.5 Å². The highest BCUT2D eigenvalue weighted by atomic mass is 79.9. The lowest BCUT2D eigenvalue weighted by Crippen LogP contribution is -2.14. The van der Waals surface area contributed by atoms with Crippen molar-refractivity contribution in [2.45, 2.75) is 11.8 Å². The van der Waals surface area contributed by atoms with Gasteiger partial charge in [0.2, 0.25) is 0 Å². The number of nitrogen functional groups attached to an aromatic ring is 1. The lowest BCUT2D eigenvalue weighted by Gasteiger charge is -2.09. The molecule has 0 aliphatic carbocycles. The van der Waals surface area contributed by atoms with Gasteiger partial charge >= 0.3 is 0 Å². The highest BCUT2D eigenvalue weighted by Gasteiger charge is 2.15. The second kappa shape index (κ2) is 5.18. The Morgan fingerprint density at radius 1 is 1.32 bits per heavy atom. The summed E-state index contributed by atoms with van der Waals surface area (Å²) in [6.07, 6.45) is 1.42. The summed E-state index contributed by atoms with van der Waals surface area (Å²) in [6, 6.07) is 8.03. The molecule has 1 aromatic heterocycles. The third-order valence-corrected chi connectivity index (χ3v) is 4.34. The third kappa shape index (κ3) is 3.24. The summed E-state index contributed by atoms with van der Waals surface area (Å²) in [5.41, 5.74) is 6.92. The molecule has 2 rings (SSSR count). The van der Waals surface area contributed by atoms with Crippen LogP contribution < -0.4 is 10.5 Å². The van der Waals surface area contributed by atoms with Crippen LogP contribution in [0.15, 0.2) is 45.9 Å². The molecule has 19 heavy (non-hydrogen) atoms. The van der Waals surface area contributed by atoms with Crippen LogP contribution in [0.5, 0.6) is 0 Å². The normalized spacial score (nSPS) is 11.3. The van der Waals surface area contributed by atoms with Crippen LogP contribution in [0.2, 0.25) is 0 Å². The highest BCUT2D eigenvalue weighted by molar-refractivity contribution is 9.10. The molecule has 1 heterocycles. The number of rotatable bonds is 3. The maximum Gasteiger partial charge on any atom is 0.263 e. The summed E-state index contributed by atoms with van der Waals surface area (Å²) in [5.74, 6) is 0.242. The zero-order valence-corrected chi connectivity index (χ0v) is 12.5.